The number of anilines is 1. The van der Waals surface area contributed by atoms with Gasteiger partial charge < -0.3 is 15.3 Å². The third-order valence-electron chi connectivity index (χ3n) is 7.81. The van der Waals surface area contributed by atoms with Gasteiger partial charge in [0.2, 0.25) is 5.91 Å². The first-order valence-electron chi connectivity index (χ1n) is 13.5. The Labute approximate surface area is 232 Å². The molecule has 200 valence electrons. The van der Waals surface area contributed by atoms with E-state index >= 15 is 4.39 Å². The lowest BCUT2D eigenvalue weighted by Gasteiger charge is -2.15. The van der Waals surface area contributed by atoms with Crippen molar-refractivity contribution in [1.29, 1.82) is 0 Å². The van der Waals surface area contributed by atoms with E-state index in [0.717, 1.165) is 48.2 Å². The summed E-state index contributed by atoms with van der Waals surface area (Å²) in [5.74, 6) is -0.413. The fourth-order valence-corrected chi connectivity index (χ4v) is 5.64. The molecule has 0 bridgehead atoms. The third-order valence-corrected chi connectivity index (χ3v) is 7.81. The summed E-state index contributed by atoms with van der Waals surface area (Å²) in [6.45, 7) is 3.51. The number of halogens is 1. The van der Waals surface area contributed by atoms with Crippen LogP contribution in [0.1, 0.15) is 36.5 Å². The lowest BCUT2D eigenvalue weighted by atomic mass is 9.92. The van der Waals surface area contributed by atoms with E-state index in [9.17, 15) is 14.7 Å². The van der Waals surface area contributed by atoms with Crippen molar-refractivity contribution >= 4 is 28.6 Å². The smallest absolute Gasteiger partial charge is 0.256 e. The van der Waals surface area contributed by atoms with E-state index in [2.05, 4.69) is 5.32 Å². The SMILES string of the molecule is CC(=C1C(=O)Nc2cc(F)c(-c3ccc(-c4ccccc4O)cc3)cc21)c1cccc(CC(=O)N2CCCC2)c1. The van der Waals surface area contributed by atoms with Crippen molar-refractivity contribution in [3.8, 4) is 28.0 Å². The van der Waals surface area contributed by atoms with Crippen LogP contribution in [0.4, 0.5) is 10.1 Å². The van der Waals surface area contributed by atoms with Gasteiger partial charge in [0.15, 0.2) is 0 Å². The Hall–Kier alpha value is -4.71. The predicted octanol–water partition coefficient (Wildman–Crippen LogP) is 6.91. The van der Waals surface area contributed by atoms with Gasteiger partial charge in [-0.15, -0.1) is 0 Å². The van der Waals surface area contributed by atoms with E-state index < -0.39 is 5.82 Å². The predicted molar refractivity (Wildman–Crippen MR) is 156 cm³/mol. The van der Waals surface area contributed by atoms with Gasteiger partial charge in [-0.05, 0) is 65.8 Å². The Morgan fingerprint density at radius 2 is 1.57 bits per heavy atom. The number of allylic oxidation sites excluding steroid dienone is 1. The van der Waals surface area contributed by atoms with E-state index in [4.69, 9.17) is 0 Å². The second-order valence-corrected chi connectivity index (χ2v) is 10.4. The number of phenolic OH excluding ortho intramolecular Hbond substituents is 1. The summed E-state index contributed by atoms with van der Waals surface area (Å²) in [5, 5.41) is 13.0. The molecule has 40 heavy (non-hydrogen) atoms. The molecule has 4 aromatic rings. The van der Waals surface area contributed by atoms with E-state index in [1.54, 1.807) is 18.2 Å². The van der Waals surface area contributed by atoms with Gasteiger partial charge in [-0.25, -0.2) is 4.39 Å². The van der Waals surface area contributed by atoms with E-state index in [1.165, 1.54) is 6.07 Å². The average Bonchev–Trinajstić information content (AvgIpc) is 3.60. The van der Waals surface area contributed by atoms with Crippen LogP contribution < -0.4 is 5.32 Å². The topological polar surface area (TPSA) is 69.6 Å². The molecule has 0 aromatic heterocycles. The molecule has 0 unspecified atom stereocenters. The Morgan fingerprint density at radius 3 is 2.30 bits per heavy atom. The van der Waals surface area contributed by atoms with Gasteiger partial charge in [0.25, 0.3) is 5.91 Å². The van der Waals surface area contributed by atoms with Crippen LogP contribution >= 0.6 is 0 Å². The summed E-state index contributed by atoms with van der Waals surface area (Å²) in [5.41, 5.74) is 6.65. The lowest BCUT2D eigenvalue weighted by Crippen LogP contribution is -2.29. The summed E-state index contributed by atoms with van der Waals surface area (Å²) in [6.07, 6.45) is 2.43. The number of hydrogen-bond donors (Lipinski definition) is 2. The Kier molecular flexibility index (Phi) is 6.68. The number of rotatable bonds is 5. The molecule has 0 atom stereocenters. The number of carbonyl (C=O) groups excluding carboxylic acids is 2. The minimum Gasteiger partial charge on any atom is -0.507 e. The number of phenols is 1. The molecule has 2 heterocycles. The second kappa shape index (κ2) is 10.5. The largest absolute Gasteiger partial charge is 0.507 e. The number of nitrogens with one attached hydrogen (secondary N) is 1. The lowest BCUT2D eigenvalue weighted by molar-refractivity contribution is -0.129. The van der Waals surface area contributed by atoms with Gasteiger partial charge in [0.05, 0.1) is 17.7 Å². The zero-order valence-electron chi connectivity index (χ0n) is 22.2. The summed E-state index contributed by atoms with van der Waals surface area (Å²) in [7, 11) is 0. The maximum atomic E-state index is 15.3. The molecule has 1 fully saturated rings. The normalized spacial score (nSPS) is 15.7. The summed E-state index contributed by atoms with van der Waals surface area (Å²) in [4.78, 5) is 27.7. The van der Waals surface area contributed by atoms with Crippen molar-refractivity contribution < 1.29 is 19.1 Å². The molecule has 6 rings (SSSR count). The van der Waals surface area contributed by atoms with Gasteiger partial charge in [0.1, 0.15) is 11.6 Å². The maximum Gasteiger partial charge on any atom is 0.256 e. The zero-order chi connectivity index (χ0) is 27.8. The number of aromatic hydroxyl groups is 1. The Bertz CT molecular complexity index is 1670. The van der Waals surface area contributed by atoms with Crippen molar-refractivity contribution in [2.45, 2.75) is 26.2 Å². The van der Waals surface area contributed by atoms with Crippen molar-refractivity contribution in [2.24, 2.45) is 0 Å². The molecule has 0 spiro atoms. The second-order valence-electron chi connectivity index (χ2n) is 10.4. The Balaban J connectivity index is 1.33. The van der Waals surface area contributed by atoms with Crippen molar-refractivity contribution in [1.82, 2.24) is 4.90 Å². The molecule has 0 radical (unpaired) electrons. The van der Waals surface area contributed by atoms with Crippen LogP contribution in [-0.2, 0) is 16.0 Å². The molecule has 2 aliphatic heterocycles. The standard InChI is InChI=1S/C34H29FN2O3/c1-21(25-8-6-7-22(17-25)18-32(39)37-15-4-5-16-37)33-28-19-27(29(35)20-30(28)36-34(33)40)24-13-11-23(12-14-24)26-9-2-3-10-31(26)38/h2-3,6-14,17,19-20,38H,4-5,15-16,18H2,1H3,(H,36,40). The van der Waals surface area contributed by atoms with Crippen LogP contribution in [0, 0.1) is 5.82 Å². The van der Waals surface area contributed by atoms with Gasteiger partial charge in [0, 0.05) is 29.8 Å². The number of fused-ring (bicyclic) bond motifs is 1. The quantitative estimate of drug-likeness (QED) is 0.274. The number of nitrogens with zero attached hydrogens (tertiary/aromatic N) is 1. The first-order valence-corrected chi connectivity index (χ1v) is 13.5. The monoisotopic (exact) mass is 532 g/mol. The molecule has 6 heteroatoms. The molecular weight excluding hydrogens is 503 g/mol. The third kappa shape index (κ3) is 4.77. The van der Waals surface area contributed by atoms with Crippen molar-refractivity contribution in [2.75, 3.05) is 18.4 Å². The zero-order valence-corrected chi connectivity index (χ0v) is 22.2. The fraction of sp³-hybridized carbons (Fsp3) is 0.176. The van der Waals surface area contributed by atoms with Crippen LogP contribution in [0.3, 0.4) is 0 Å². The first-order chi connectivity index (χ1) is 19.4. The van der Waals surface area contributed by atoms with E-state index in [1.807, 2.05) is 72.5 Å². The molecule has 5 nitrogen and oxygen atoms in total. The average molecular weight is 533 g/mol. The molecule has 4 aromatic carbocycles. The van der Waals surface area contributed by atoms with Gasteiger partial charge in [-0.1, -0.05) is 66.7 Å². The highest BCUT2D eigenvalue weighted by atomic mass is 19.1. The minimum atomic E-state index is -0.435. The summed E-state index contributed by atoms with van der Waals surface area (Å²) < 4.78 is 15.3. The molecule has 2 N–H and O–H groups in total. The number of benzene rings is 4. The molecule has 2 amide bonds. The Morgan fingerprint density at radius 1 is 0.875 bits per heavy atom. The van der Waals surface area contributed by atoms with E-state index in [0.29, 0.717) is 39.9 Å². The van der Waals surface area contributed by atoms with Crippen LogP contribution in [0.15, 0.2) is 84.9 Å². The number of amides is 2. The number of carbonyl (C=O) groups is 2. The summed E-state index contributed by atoms with van der Waals surface area (Å²) in [6, 6.07) is 25.2. The highest BCUT2D eigenvalue weighted by molar-refractivity contribution is 6.36. The van der Waals surface area contributed by atoms with Crippen LogP contribution in [0.5, 0.6) is 5.75 Å². The molecule has 1 saturated heterocycles. The maximum absolute atomic E-state index is 15.3. The molecule has 0 aliphatic carbocycles. The van der Waals surface area contributed by atoms with Crippen molar-refractivity contribution in [3.05, 3.63) is 107 Å². The van der Waals surface area contributed by atoms with Gasteiger partial charge >= 0.3 is 0 Å². The van der Waals surface area contributed by atoms with Crippen LogP contribution in [0.2, 0.25) is 0 Å². The number of hydrogen-bond acceptors (Lipinski definition) is 3. The van der Waals surface area contributed by atoms with Crippen LogP contribution in [-0.4, -0.2) is 34.9 Å². The molecular formula is C34H29FN2O3. The fourth-order valence-electron chi connectivity index (χ4n) is 5.64. The molecule has 0 saturated carbocycles. The first kappa shape index (κ1) is 25.6. The highest BCUT2D eigenvalue weighted by Crippen LogP contribution is 2.41. The minimum absolute atomic E-state index is 0.123. The number of para-hydroxylation sites is 1. The number of likely N-dealkylation sites (tertiary alicyclic amines) is 1. The van der Waals surface area contributed by atoms with E-state index in [-0.39, 0.29) is 17.6 Å². The molecule has 2 aliphatic rings. The van der Waals surface area contributed by atoms with Crippen LogP contribution in [0.25, 0.3) is 33.4 Å². The van der Waals surface area contributed by atoms with Gasteiger partial charge in [-0.2, -0.15) is 0 Å². The van der Waals surface area contributed by atoms with Gasteiger partial charge in [-0.3, -0.25) is 9.59 Å². The van der Waals surface area contributed by atoms with Crippen molar-refractivity contribution in [3.63, 3.8) is 0 Å². The highest BCUT2D eigenvalue weighted by Gasteiger charge is 2.29. The summed E-state index contributed by atoms with van der Waals surface area (Å²) >= 11 is 0.